The summed E-state index contributed by atoms with van der Waals surface area (Å²) in [5, 5.41) is 5.66. The molecule has 0 unspecified atom stereocenters. The van der Waals surface area contributed by atoms with Crippen LogP contribution in [0.3, 0.4) is 0 Å². The van der Waals surface area contributed by atoms with Crippen LogP contribution in [0.1, 0.15) is 21.7 Å². The van der Waals surface area contributed by atoms with E-state index < -0.39 is 0 Å². The lowest BCUT2D eigenvalue weighted by Crippen LogP contribution is -2.23. The zero-order valence-corrected chi connectivity index (χ0v) is 16.4. The first kappa shape index (κ1) is 18.9. The number of thioether (sulfide) groups is 1. The molecule has 1 aliphatic rings. The summed E-state index contributed by atoms with van der Waals surface area (Å²) in [5.41, 5.74) is 1.96. The number of methoxy groups -OCH3 is 1. The SMILES string of the molecule is COc1cccc(/C=C2/Sc3ccc(C(=O)NCc4ccco4)cc3NC2=O)c1. The minimum Gasteiger partial charge on any atom is -0.497 e. The summed E-state index contributed by atoms with van der Waals surface area (Å²) in [5.74, 6) is 0.957. The van der Waals surface area contributed by atoms with Gasteiger partial charge in [-0.15, -0.1) is 0 Å². The predicted octanol–water partition coefficient (Wildman–Crippen LogP) is 4.30. The number of nitrogens with one attached hydrogen (secondary N) is 2. The molecule has 0 spiro atoms. The van der Waals surface area contributed by atoms with Crippen LogP contribution in [0.5, 0.6) is 5.75 Å². The molecule has 146 valence electrons. The van der Waals surface area contributed by atoms with Crippen LogP contribution < -0.4 is 15.4 Å². The van der Waals surface area contributed by atoms with E-state index in [1.54, 1.807) is 37.6 Å². The fourth-order valence-electron chi connectivity index (χ4n) is 2.87. The van der Waals surface area contributed by atoms with Gasteiger partial charge in [0.15, 0.2) is 0 Å². The Bertz CT molecular complexity index is 1090. The van der Waals surface area contributed by atoms with Crippen molar-refractivity contribution >= 4 is 35.3 Å². The Hall–Kier alpha value is -3.45. The Morgan fingerprint density at radius 3 is 2.90 bits per heavy atom. The molecule has 0 fully saturated rings. The van der Waals surface area contributed by atoms with Crippen LogP contribution >= 0.6 is 11.8 Å². The van der Waals surface area contributed by atoms with E-state index in [0.29, 0.717) is 28.5 Å². The van der Waals surface area contributed by atoms with Gasteiger partial charge in [-0.3, -0.25) is 9.59 Å². The first-order chi connectivity index (χ1) is 14.1. The van der Waals surface area contributed by atoms with Gasteiger partial charge < -0.3 is 19.8 Å². The average Bonchev–Trinajstić information content (AvgIpc) is 3.26. The summed E-state index contributed by atoms with van der Waals surface area (Å²) in [6, 6.07) is 16.3. The minimum atomic E-state index is -0.235. The van der Waals surface area contributed by atoms with E-state index >= 15 is 0 Å². The largest absolute Gasteiger partial charge is 0.497 e. The van der Waals surface area contributed by atoms with E-state index in [1.165, 1.54) is 11.8 Å². The second-order valence-electron chi connectivity index (χ2n) is 6.31. The van der Waals surface area contributed by atoms with Gasteiger partial charge in [-0.05, 0) is 54.1 Å². The number of ether oxygens (including phenoxy) is 1. The summed E-state index contributed by atoms with van der Waals surface area (Å²) >= 11 is 1.37. The summed E-state index contributed by atoms with van der Waals surface area (Å²) in [6.07, 6.45) is 3.37. The number of amides is 2. The molecule has 1 aromatic heterocycles. The van der Waals surface area contributed by atoms with Gasteiger partial charge in [-0.2, -0.15) is 0 Å². The van der Waals surface area contributed by atoms with Crippen molar-refractivity contribution in [3.05, 3.63) is 82.7 Å². The summed E-state index contributed by atoms with van der Waals surface area (Å²) < 4.78 is 10.4. The highest BCUT2D eigenvalue weighted by Crippen LogP contribution is 2.39. The van der Waals surface area contributed by atoms with Crippen LogP contribution in [-0.4, -0.2) is 18.9 Å². The van der Waals surface area contributed by atoms with Crippen molar-refractivity contribution in [2.75, 3.05) is 12.4 Å². The van der Waals surface area contributed by atoms with Crippen molar-refractivity contribution in [2.45, 2.75) is 11.4 Å². The molecule has 7 heteroatoms. The lowest BCUT2D eigenvalue weighted by molar-refractivity contribution is -0.112. The van der Waals surface area contributed by atoms with Crippen molar-refractivity contribution in [1.82, 2.24) is 5.32 Å². The number of anilines is 1. The normalized spacial score (nSPS) is 14.2. The van der Waals surface area contributed by atoms with Crippen LogP contribution in [-0.2, 0) is 11.3 Å². The molecule has 1 aliphatic heterocycles. The van der Waals surface area contributed by atoms with Crippen LogP contribution in [0.15, 0.2) is 75.1 Å². The number of hydrogen-bond donors (Lipinski definition) is 2. The van der Waals surface area contributed by atoms with Crippen LogP contribution in [0.4, 0.5) is 5.69 Å². The molecule has 2 heterocycles. The maximum Gasteiger partial charge on any atom is 0.262 e. The summed E-state index contributed by atoms with van der Waals surface area (Å²) in [4.78, 5) is 26.4. The number of benzene rings is 2. The summed E-state index contributed by atoms with van der Waals surface area (Å²) in [6.45, 7) is 0.303. The molecule has 0 bridgehead atoms. The monoisotopic (exact) mass is 406 g/mol. The minimum absolute atomic E-state index is 0.210. The molecule has 29 heavy (non-hydrogen) atoms. The number of furan rings is 1. The number of fused-ring (bicyclic) bond motifs is 1. The zero-order valence-electron chi connectivity index (χ0n) is 15.6. The number of carbonyl (C=O) groups is 2. The lowest BCUT2D eigenvalue weighted by atomic mass is 10.1. The van der Waals surface area contributed by atoms with Gasteiger partial charge in [-0.25, -0.2) is 0 Å². The van der Waals surface area contributed by atoms with E-state index in [1.807, 2.05) is 36.4 Å². The molecule has 0 aliphatic carbocycles. The maximum absolute atomic E-state index is 12.5. The first-order valence-corrected chi connectivity index (χ1v) is 9.73. The third-order valence-corrected chi connectivity index (χ3v) is 5.43. The summed E-state index contributed by atoms with van der Waals surface area (Å²) in [7, 11) is 1.60. The Balaban J connectivity index is 1.50. The third-order valence-electron chi connectivity index (χ3n) is 4.33. The van der Waals surface area contributed by atoms with Gasteiger partial charge in [0, 0.05) is 10.5 Å². The Morgan fingerprint density at radius 1 is 1.21 bits per heavy atom. The van der Waals surface area contributed by atoms with E-state index in [-0.39, 0.29) is 11.8 Å². The molecule has 0 saturated heterocycles. The van der Waals surface area contributed by atoms with Crippen molar-refractivity contribution in [3.8, 4) is 5.75 Å². The van der Waals surface area contributed by atoms with Crippen molar-refractivity contribution in [2.24, 2.45) is 0 Å². The predicted molar refractivity (Wildman–Crippen MR) is 112 cm³/mol. The molecular weight excluding hydrogens is 388 g/mol. The lowest BCUT2D eigenvalue weighted by Gasteiger charge is -2.19. The van der Waals surface area contributed by atoms with Gasteiger partial charge in [-0.1, -0.05) is 23.9 Å². The number of hydrogen-bond acceptors (Lipinski definition) is 5. The molecule has 6 nitrogen and oxygen atoms in total. The Morgan fingerprint density at radius 2 is 2.10 bits per heavy atom. The van der Waals surface area contributed by atoms with Gasteiger partial charge in [0.1, 0.15) is 11.5 Å². The zero-order chi connectivity index (χ0) is 20.2. The Kier molecular flexibility index (Phi) is 5.39. The molecule has 2 aromatic carbocycles. The quantitative estimate of drug-likeness (QED) is 0.618. The molecule has 0 radical (unpaired) electrons. The van der Waals surface area contributed by atoms with E-state index in [9.17, 15) is 9.59 Å². The fraction of sp³-hybridized carbons (Fsp3) is 0.0909. The standard InChI is InChI=1S/C22H18N2O4S/c1-27-16-5-2-4-14(10-16)11-20-22(26)24-18-12-15(7-8-19(18)29-20)21(25)23-13-17-6-3-9-28-17/h2-12H,13H2,1H3,(H,23,25)(H,24,26)/b20-11+. The van der Waals surface area contributed by atoms with Gasteiger partial charge in [0.05, 0.1) is 30.5 Å². The van der Waals surface area contributed by atoms with E-state index in [2.05, 4.69) is 10.6 Å². The molecule has 3 aromatic rings. The maximum atomic E-state index is 12.5. The molecular formula is C22H18N2O4S. The third kappa shape index (κ3) is 4.35. The van der Waals surface area contributed by atoms with Crippen LogP contribution in [0.2, 0.25) is 0 Å². The van der Waals surface area contributed by atoms with Crippen molar-refractivity contribution in [3.63, 3.8) is 0 Å². The van der Waals surface area contributed by atoms with Crippen LogP contribution in [0.25, 0.3) is 6.08 Å². The number of rotatable bonds is 5. The fourth-order valence-corrected chi connectivity index (χ4v) is 3.80. The van der Waals surface area contributed by atoms with Gasteiger partial charge in [0.25, 0.3) is 11.8 Å². The topological polar surface area (TPSA) is 80.6 Å². The van der Waals surface area contributed by atoms with Crippen LogP contribution in [0, 0.1) is 0 Å². The first-order valence-electron chi connectivity index (χ1n) is 8.92. The highest BCUT2D eigenvalue weighted by Gasteiger charge is 2.22. The molecule has 0 saturated carbocycles. The second kappa shape index (κ2) is 8.28. The van der Waals surface area contributed by atoms with E-state index in [0.717, 1.165) is 16.2 Å². The molecule has 4 rings (SSSR count). The van der Waals surface area contributed by atoms with Gasteiger partial charge >= 0.3 is 0 Å². The number of carbonyl (C=O) groups excluding carboxylic acids is 2. The highest BCUT2D eigenvalue weighted by molar-refractivity contribution is 8.04. The second-order valence-corrected chi connectivity index (χ2v) is 7.40. The Labute approximate surface area is 171 Å². The molecule has 2 amide bonds. The van der Waals surface area contributed by atoms with Crippen molar-refractivity contribution in [1.29, 1.82) is 0 Å². The average molecular weight is 406 g/mol. The molecule has 0 atom stereocenters. The van der Waals surface area contributed by atoms with Gasteiger partial charge in [0.2, 0.25) is 0 Å². The molecule has 2 N–H and O–H groups in total. The smallest absolute Gasteiger partial charge is 0.262 e. The van der Waals surface area contributed by atoms with E-state index in [4.69, 9.17) is 9.15 Å². The van der Waals surface area contributed by atoms with Crippen molar-refractivity contribution < 1.29 is 18.7 Å². The highest BCUT2D eigenvalue weighted by atomic mass is 32.2.